The zero-order valence-electron chi connectivity index (χ0n) is 13.4. The van der Waals surface area contributed by atoms with Crippen molar-refractivity contribution in [2.45, 2.75) is 58.7 Å². The van der Waals surface area contributed by atoms with Crippen LogP contribution in [0.25, 0.3) is 0 Å². The van der Waals surface area contributed by atoms with Gasteiger partial charge in [0, 0.05) is 13.2 Å². The third kappa shape index (κ3) is 4.35. The monoisotopic (exact) mass is 287 g/mol. The van der Waals surface area contributed by atoms with Gasteiger partial charge in [-0.05, 0) is 39.5 Å². The third-order valence-corrected chi connectivity index (χ3v) is 3.48. The highest BCUT2D eigenvalue weighted by Gasteiger charge is 2.49. The van der Waals surface area contributed by atoms with E-state index in [2.05, 4.69) is 0 Å². The van der Waals surface area contributed by atoms with Crippen LogP contribution in [0.2, 0.25) is 0 Å². The highest BCUT2D eigenvalue weighted by atomic mass is 16.6. The standard InChI is InChI=1S/C13H23NO4.C2H6/c1-12(2,3)18-11(16)14-4-5-17-13(9-14)6-10(7-13)8-15;1-2/h10,15H,4-9H2,1-3H3;1-2H3. The van der Waals surface area contributed by atoms with Crippen molar-refractivity contribution in [1.29, 1.82) is 0 Å². The number of aliphatic hydroxyl groups is 1. The second kappa shape index (κ2) is 6.76. The van der Waals surface area contributed by atoms with Crippen molar-refractivity contribution in [3.63, 3.8) is 0 Å². The van der Waals surface area contributed by atoms with Crippen molar-refractivity contribution in [3.05, 3.63) is 0 Å². The summed E-state index contributed by atoms with van der Waals surface area (Å²) in [5.41, 5.74) is -0.696. The largest absolute Gasteiger partial charge is 0.444 e. The molecule has 0 radical (unpaired) electrons. The first-order valence-electron chi connectivity index (χ1n) is 7.56. The smallest absolute Gasteiger partial charge is 0.410 e. The van der Waals surface area contributed by atoms with Gasteiger partial charge in [-0.2, -0.15) is 0 Å². The molecule has 0 aromatic rings. The number of rotatable bonds is 1. The highest BCUT2D eigenvalue weighted by molar-refractivity contribution is 5.68. The van der Waals surface area contributed by atoms with Crippen LogP contribution in [0.3, 0.4) is 0 Å². The zero-order valence-corrected chi connectivity index (χ0v) is 13.4. The van der Waals surface area contributed by atoms with E-state index in [9.17, 15) is 4.79 Å². The van der Waals surface area contributed by atoms with E-state index in [1.54, 1.807) is 4.90 Å². The number of hydrogen-bond acceptors (Lipinski definition) is 4. The summed E-state index contributed by atoms with van der Waals surface area (Å²) < 4.78 is 11.2. The number of amides is 1. The summed E-state index contributed by atoms with van der Waals surface area (Å²) in [6, 6.07) is 0. The molecule has 1 spiro atoms. The van der Waals surface area contributed by atoms with Crippen molar-refractivity contribution >= 4 is 6.09 Å². The summed E-state index contributed by atoms with van der Waals surface area (Å²) in [7, 11) is 0. The van der Waals surface area contributed by atoms with Crippen LogP contribution < -0.4 is 0 Å². The van der Waals surface area contributed by atoms with Gasteiger partial charge in [0.15, 0.2) is 0 Å². The molecule has 1 amide bonds. The summed E-state index contributed by atoms with van der Waals surface area (Å²) in [5.74, 6) is 0.323. The van der Waals surface area contributed by atoms with E-state index in [1.165, 1.54) is 0 Å². The molecule has 0 bridgehead atoms. The van der Waals surface area contributed by atoms with Crippen LogP contribution in [0.5, 0.6) is 0 Å². The maximum absolute atomic E-state index is 12.0. The molecule has 118 valence electrons. The zero-order chi connectivity index (χ0) is 15.4. The number of nitrogens with zero attached hydrogens (tertiary/aromatic N) is 1. The Labute approximate surface area is 122 Å². The van der Waals surface area contributed by atoms with Gasteiger partial charge in [-0.25, -0.2) is 4.79 Å². The molecule has 2 aliphatic rings. The lowest BCUT2D eigenvalue weighted by Crippen LogP contribution is -2.60. The molecule has 1 heterocycles. The summed E-state index contributed by atoms with van der Waals surface area (Å²) in [5, 5.41) is 9.07. The van der Waals surface area contributed by atoms with Gasteiger partial charge >= 0.3 is 6.09 Å². The summed E-state index contributed by atoms with van der Waals surface area (Å²) in [6.45, 7) is 11.5. The number of aliphatic hydroxyl groups excluding tert-OH is 1. The molecule has 0 aromatic heterocycles. The first-order valence-corrected chi connectivity index (χ1v) is 7.56. The normalized spacial score (nSPS) is 29.3. The van der Waals surface area contributed by atoms with E-state index in [-0.39, 0.29) is 18.3 Å². The van der Waals surface area contributed by atoms with Crippen molar-refractivity contribution in [1.82, 2.24) is 4.90 Å². The van der Waals surface area contributed by atoms with E-state index in [4.69, 9.17) is 14.6 Å². The molecule has 20 heavy (non-hydrogen) atoms. The topological polar surface area (TPSA) is 59.0 Å². The molecule has 1 saturated carbocycles. The summed E-state index contributed by atoms with van der Waals surface area (Å²) >= 11 is 0. The van der Waals surface area contributed by atoms with E-state index < -0.39 is 5.60 Å². The van der Waals surface area contributed by atoms with Gasteiger partial charge in [-0.3, -0.25) is 0 Å². The molecule has 5 heteroatoms. The minimum absolute atomic E-state index is 0.206. The summed E-state index contributed by atoms with van der Waals surface area (Å²) in [6.07, 6.45) is 1.41. The molecular formula is C15H29NO4. The first kappa shape index (κ1) is 17.2. The van der Waals surface area contributed by atoms with Crippen LogP contribution in [0.1, 0.15) is 47.5 Å². The Kier molecular flexibility index (Phi) is 5.83. The molecule has 0 unspecified atom stereocenters. The molecule has 1 saturated heterocycles. The fraction of sp³-hybridized carbons (Fsp3) is 0.933. The lowest BCUT2D eigenvalue weighted by molar-refractivity contribution is -0.175. The Morgan fingerprint density at radius 2 is 2.00 bits per heavy atom. The number of carbonyl (C=O) groups is 1. The predicted octanol–water partition coefficient (Wildman–Crippen LogP) is 2.42. The van der Waals surface area contributed by atoms with Crippen molar-refractivity contribution in [2.24, 2.45) is 5.92 Å². The molecule has 0 atom stereocenters. The van der Waals surface area contributed by atoms with Gasteiger partial charge in [0.2, 0.25) is 0 Å². The number of carbonyl (C=O) groups excluding carboxylic acids is 1. The van der Waals surface area contributed by atoms with Gasteiger partial charge in [-0.15, -0.1) is 0 Å². The van der Waals surface area contributed by atoms with E-state index in [0.717, 1.165) is 12.8 Å². The third-order valence-electron chi connectivity index (χ3n) is 3.48. The molecule has 1 aliphatic carbocycles. The molecule has 2 fully saturated rings. The van der Waals surface area contributed by atoms with E-state index in [1.807, 2.05) is 34.6 Å². The van der Waals surface area contributed by atoms with Gasteiger partial charge in [0.1, 0.15) is 5.60 Å². The maximum atomic E-state index is 12.0. The molecule has 1 aliphatic heterocycles. The second-order valence-electron chi connectivity index (χ2n) is 6.39. The average Bonchev–Trinajstić information content (AvgIpc) is 2.36. The highest BCUT2D eigenvalue weighted by Crippen LogP contribution is 2.42. The van der Waals surface area contributed by atoms with Gasteiger partial charge in [0.25, 0.3) is 0 Å². The Morgan fingerprint density at radius 1 is 1.40 bits per heavy atom. The van der Waals surface area contributed by atoms with Crippen LogP contribution in [0.4, 0.5) is 4.79 Å². The van der Waals surface area contributed by atoms with Gasteiger partial charge < -0.3 is 19.5 Å². The molecule has 1 N–H and O–H groups in total. The Hall–Kier alpha value is -0.810. The van der Waals surface area contributed by atoms with Crippen LogP contribution in [-0.4, -0.2) is 53.6 Å². The fourth-order valence-electron chi connectivity index (χ4n) is 2.70. The molecule has 0 aromatic carbocycles. The Bertz CT molecular complexity index is 318. The Morgan fingerprint density at radius 3 is 2.50 bits per heavy atom. The minimum atomic E-state index is -0.463. The maximum Gasteiger partial charge on any atom is 0.410 e. The van der Waals surface area contributed by atoms with E-state index in [0.29, 0.717) is 25.6 Å². The lowest BCUT2D eigenvalue weighted by atomic mass is 9.70. The quantitative estimate of drug-likeness (QED) is 0.804. The van der Waals surface area contributed by atoms with Crippen LogP contribution >= 0.6 is 0 Å². The van der Waals surface area contributed by atoms with Crippen LogP contribution in [-0.2, 0) is 9.47 Å². The number of hydrogen-bond donors (Lipinski definition) is 1. The van der Waals surface area contributed by atoms with Crippen molar-refractivity contribution < 1.29 is 19.4 Å². The van der Waals surface area contributed by atoms with Crippen LogP contribution in [0.15, 0.2) is 0 Å². The second-order valence-corrected chi connectivity index (χ2v) is 6.39. The number of morpholine rings is 1. The minimum Gasteiger partial charge on any atom is -0.444 e. The Balaban J connectivity index is 0.000000956. The average molecular weight is 287 g/mol. The number of ether oxygens (including phenoxy) is 2. The SMILES string of the molecule is CC.CC(C)(C)OC(=O)N1CCOC2(CC(CO)C2)C1. The lowest BCUT2D eigenvalue weighted by Gasteiger charge is -2.51. The molecular weight excluding hydrogens is 258 g/mol. The molecule has 2 rings (SSSR count). The van der Waals surface area contributed by atoms with Crippen molar-refractivity contribution in [3.8, 4) is 0 Å². The van der Waals surface area contributed by atoms with Gasteiger partial charge in [-0.1, -0.05) is 13.8 Å². The molecule has 5 nitrogen and oxygen atoms in total. The van der Waals surface area contributed by atoms with Gasteiger partial charge in [0.05, 0.1) is 18.8 Å². The summed E-state index contributed by atoms with van der Waals surface area (Å²) in [4.78, 5) is 13.7. The van der Waals surface area contributed by atoms with E-state index >= 15 is 0 Å². The fourth-order valence-corrected chi connectivity index (χ4v) is 2.70. The van der Waals surface area contributed by atoms with Crippen LogP contribution in [0, 0.1) is 5.92 Å². The predicted molar refractivity (Wildman–Crippen MR) is 77.6 cm³/mol. The van der Waals surface area contributed by atoms with Crippen molar-refractivity contribution in [2.75, 3.05) is 26.3 Å². The first-order chi connectivity index (χ1) is 9.34.